The lowest BCUT2D eigenvalue weighted by Gasteiger charge is -2.19. The number of carbonyl (C=O) groups excluding carboxylic acids is 2. The van der Waals surface area contributed by atoms with Crippen molar-refractivity contribution >= 4 is 24.6 Å². The van der Waals surface area contributed by atoms with Crippen LogP contribution in [0, 0.1) is 5.92 Å². The Morgan fingerprint density at radius 2 is 2.50 bits per heavy atom. The van der Waals surface area contributed by atoms with Crippen LogP contribution in [0.25, 0.3) is 0 Å². The van der Waals surface area contributed by atoms with E-state index in [1.54, 1.807) is 18.1 Å². The van der Waals surface area contributed by atoms with E-state index in [1.807, 2.05) is 0 Å². The molecule has 1 rings (SSSR count). The number of hydrogen-bond acceptors (Lipinski definition) is 6. The molecule has 2 amide bonds. The number of nitrogens with one attached hydrogen (secondary N) is 1. The van der Waals surface area contributed by atoms with Crippen molar-refractivity contribution in [2.75, 3.05) is 26.8 Å². The van der Waals surface area contributed by atoms with Gasteiger partial charge in [0.1, 0.15) is 0 Å². The Labute approximate surface area is 117 Å². The van der Waals surface area contributed by atoms with E-state index in [1.165, 1.54) is 12.5 Å². The summed E-state index contributed by atoms with van der Waals surface area (Å²) in [6.45, 7) is 1.40. The molecule has 1 aliphatic heterocycles. The number of nitrogens with zero attached hydrogens (tertiary/aromatic N) is 3. The zero-order valence-electron chi connectivity index (χ0n) is 11.4. The first-order chi connectivity index (χ1) is 9.69. The van der Waals surface area contributed by atoms with Gasteiger partial charge in [-0.15, -0.1) is 0 Å². The van der Waals surface area contributed by atoms with Crippen LogP contribution in [0.2, 0.25) is 0 Å². The summed E-state index contributed by atoms with van der Waals surface area (Å²) in [6, 6.07) is 0. The summed E-state index contributed by atoms with van der Waals surface area (Å²) in [5.41, 5.74) is 5.25. The minimum atomic E-state index is -0.508. The maximum Gasteiger partial charge on any atom is 0.226 e. The molecule has 1 heterocycles. The summed E-state index contributed by atoms with van der Waals surface area (Å²) < 4.78 is 4.98. The highest BCUT2D eigenvalue weighted by molar-refractivity contribution is 5.96. The zero-order valence-corrected chi connectivity index (χ0v) is 11.4. The van der Waals surface area contributed by atoms with E-state index in [0.717, 1.165) is 6.42 Å². The van der Waals surface area contributed by atoms with Crippen molar-refractivity contribution in [2.24, 2.45) is 21.6 Å². The van der Waals surface area contributed by atoms with E-state index in [9.17, 15) is 9.59 Å². The van der Waals surface area contributed by atoms with E-state index >= 15 is 0 Å². The van der Waals surface area contributed by atoms with Crippen molar-refractivity contribution < 1.29 is 14.3 Å². The van der Waals surface area contributed by atoms with Crippen molar-refractivity contribution in [1.29, 1.82) is 0 Å². The Bertz CT molecular complexity index is 419. The number of methoxy groups -OCH3 is 1. The molecule has 1 aliphatic rings. The molecular formula is C12H19N5O3. The topological polar surface area (TPSA) is 109 Å². The summed E-state index contributed by atoms with van der Waals surface area (Å²) in [6.07, 6.45) is 5.82. The summed E-state index contributed by atoms with van der Waals surface area (Å²) >= 11 is 0. The molecule has 1 atom stereocenters. The summed E-state index contributed by atoms with van der Waals surface area (Å²) in [7, 11) is 1.62. The van der Waals surface area contributed by atoms with Crippen LogP contribution in [0.5, 0.6) is 0 Å². The molecule has 3 N–H and O–H groups in total. The van der Waals surface area contributed by atoms with E-state index in [2.05, 4.69) is 15.3 Å². The number of aliphatic imine (C=N–C) groups is 2. The molecule has 0 aromatic carbocycles. The molecule has 0 aromatic rings. The van der Waals surface area contributed by atoms with Crippen LogP contribution in [-0.2, 0) is 14.3 Å². The molecule has 8 heteroatoms. The molecular weight excluding hydrogens is 262 g/mol. The molecule has 0 radical (unpaired) electrons. The minimum absolute atomic E-state index is 0.247. The second-order valence-electron chi connectivity index (χ2n) is 4.09. The van der Waals surface area contributed by atoms with Gasteiger partial charge in [0.05, 0.1) is 18.8 Å². The fourth-order valence-electron chi connectivity index (χ4n) is 1.57. The lowest BCUT2D eigenvalue weighted by molar-refractivity contribution is -0.120. The Balaban J connectivity index is 2.84. The minimum Gasteiger partial charge on any atom is -0.385 e. The maximum absolute atomic E-state index is 11.2. The van der Waals surface area contributed by atoms with Gasteiger partial charge in [0.25, 0.3) is 0 Å². The third-order valence-corrected chi connectivity index (χ3v) is 2.61. The van der Waals surface area contributed by atoms with Crippen molar-refractivity contribution in [3.05, 3.63) is 12.3 Å². The second-order valence-corrected chi connectivity index (χ2v) is 4.09. The first-order valence-corrected chi connectivity index (χ1v) is 6.18. The average Bonchev–Trinajstić information content (AvgIpc) is 2.51. The van der Waals surface area contributed by atoms with E-state index in [0.29, 0.717) is 25.5 Å². The number of hydrogen-bond donors (Lipinski definition) is 2. The lowest BCUT2D eigenvalue weighted by atomic mass is 10.1. The van der Waals surface area contributed by atoms with Gasteiger partial charge >= 0.3 is 0 Å². The molecule has 8 nitrogen and oxygen atoms in total. The normalized spacial score (nSPS) is 20.4. The molecule has 20 heavy (non-hydrogen) atoms. The fraction of sp³-hybridized carbons (Fsp3) is 0.500. The predicted molar refractivity (Wildman–Crippen MR) is 75.0 cm³/mol. The molecule has 0 aliphatic carbocycles. The first-order valence-electron chi connectivity index (χ1n) is 6.18. The third kappa shape index (κ3) is 5.19. The van der Waals surface area contributed by atoms with Gasteiger partial charge in [-0.05, 0) is 6.42 Å². The Morgan fingerprint density at radius 1 is 1.70 bits per heavy atom. The van der Waals surface area contributed by atoms with Crippen molar-refractivity contribution in [2.45, 2.75) is 6.42 Å². The van der Waals surface area contributed by atoms with Gasteiger partial charge in [-0.2, -0.15) is 0 Å². The maximum atomic E-state index is 11.2. The third-order valence-electron chi connectivity index (χ3n) is 2.61. The highest BCUT2D eigenvalue weighted by Gasteiger charge is 2.14. The molecule has 0 bridgehead atoms. The van der Waals surface area contributed by atoms with Crippen molar-refractivity contribution in [3.63, 3.8) is 0 Å². The van der Waals surface area contributed by atoms with Crippen LogP contribution in [0.1, 0.15) is 6.42 Å². The van der Waals surface area contributed by atoms with E-state index in [-0.39, 0.29) is 6.54 Å². The van der Waals surface area contributed by atoms with Gasteiger partial charge in [0.2, 0.25) is 18.3 Å². The lowest BCUT2D eigenvalue weighted by Crippen LogP contribution is -2.40. The number of guanidine groups is 1. The number of primary amides is 1. The first kappa shape index (κ1) is 15.8. The molecule has 0 saturated heterocycles. The summed E-state index contributed by atoms with van der Waals surface area (Å²) in [5, 5.41) is 2.50. The molecule has 0 saturated carbocycles. The number of nitrogens with two attached hydrogens (primary N) is 1. The quantitative estimate of drug-likeness (QED) is 0.485. The molecule has 1 unspecified atom stereocenters. The Morgan fingerprint density at radius 3 is 3.15 bits per heavy atom. The average molecular weight is 281 g/mol. The molecule has 0 fully saturated rings. The van der Waals surface area contributed by atoms with Crippen LogP contribution in [0.15, 0.2) is 22.3 Å². The summed E-state index contributed by atoms with van der Waals surface area (Å²) in [4.78, 5) is 31.7. The van der Waals surface area contributed by atoms with Gasteiger partial charge in [0.15, 0.2) is 0 Å². The van der Waals surface area contributed by atoms with Gasteiger partial charge < -0.3 is 15.4 Å². The van der Waals surface area contributed by atoms with Crippen molar-refractivity contribution in [3.8, 4) is 0 Å². The zero-order chi connectivity index (χ0) is 14.8. The molecule has 0 aromatic heterocycles. The van der Waals surface area contributed by atoms with Gasteiger partial charge in [-0.25, -0.2) is 4.99 Å². The van der Waals surface area contributed by atoms with Gasteiger partial charge in [-0.3, -0.25) is 19.9 Å². The number of amides is 2. The SMILES string of the molecule is COCCCN1C=NCC(C(N)=O)/C=C/N=C1NC=O. The monoisotopic (exact) mass is 281 g/mol. The van der Waals surface area contributed by atoms with Crippen LogP contribution < -0.4 is 11.1 Å². The molecule has 0 spiro atoms. The smallest absolute Gasteiger partial charge is 0.226 e. The van der Waals surface area contributed by atoms with Gasteiger partial charge in [-0.1, -0.05) is 6.08 Å². The number of rotatable bonds is 6. The highest BCUT2D eigenvalue weighted by atomic mass is 16.5. The van der Waals surface area contributed by atoms with E-state index in [4.69, 9.17) is 10.5 Å². The van der Waals surface area contributed by atoms with E-state index < -0.39 is 11.8 Å². The summed E-state index contributed by atoms with van der Waals surface area (Å²) in [5.74, 6) is -0.640. The van der Waals surface area contributed by atoms with Crippen LogP contribution in [-0.4, -0.2) is 56.3 Å². The Hall–Kier alpha value is -2.22. The fourth-order valence-corrected chi connectivity index (χ4v) is 1.57. The number of ether oxygens (including phenoxy) is 1. The highest BCUT2D eigenvalue weighted by Crippen LogP contribution is 2.02. The van der Waals surface area contributed by atoms with Crippen LogP contribution in [0.4, 0.5) is 0 Å². The van der Waals surface area contributed by atoms with Gasteiger partial charge in [0, 0.05) is 26.5 Å². The largest absolute Gasteiger partial charge is 0.385 e. The second kappa shape index (κ2) is 8.81. The molecule has 110 valence electrons. The standard InChI is InChI=1S/C12H19N5O3/c1-20-6-2-5-17-8-14-7-10(11(13)19)3-4-15-12(17)16-9-18/h3-4,8-10H,2,5-7H2,1H3,(H2,13,19)(H,15,16,18)/b4-3+,14-8?. The van der Waals surface area contributed by atoms with Crippen LogP contribution >= 0.6 is 0 Å². The van der Waals surface area contributed by atoms with Crippen molar-refractivity contribution in [1.82, 2.24) is 10.2 Å². The van der Waals surface area contributed by atoms with Crippen LogP contribution in [0.3, 0.4) is 0 Å². The number of carbonyl (C=O) groups is 2. The Kier molecular flexibility index (Phi) is 6.97. The predicted octanol–water partition coefficient (Wildman–Crippen LogP) is -0.916.